The number of carbonyl (C=O) groups is 1. The van der Waals surface area contributed by atoms with Crippen molar-refractivity contribution in [3.63, 3.8) is 0 Å². The maximum absolute atomic E-state index is 13.1. The predicted molar refractivity (Wildman–Crippen MR) is 127 cm³/mol. The summed E-state index contributed by atoms with van der Waals surface area (Å²) in [6.45, 7) is 0. The lowest BCUT2D eigenvalue weighted by Gasteiger charge is -2.15. The smallest absolute Gasteiger partial charge is 0.271 e. The topological polar surface area (TPSA) is 94.6 Å². The number of Topliss-reactive ketones (excluding diaryl/α,β-unsaturated/α-hetero) is 1. The fourth-order valence-electron chi connectivity index (χ4n) is 3.02. The average Bonchev–Trinajstić information content (AvgIpc) is 3.31. The third-order valence-corrected chi connectivity index (χ3v) is 7.85. The highest BCUT2D eigenvalue weighted by Gasteiger charge is 2.23. The summed E-state index contributed by atoms with van der Waals surface area (Å²) in [6.07, 6.45) is 3.27. The van der Waals surface area contributed by atoms with Crippen LogP contribution >= 0.6 is 22.9 Å². The van der Waals surface area contributed by atoms with Crippen molar-refractivity contribution in [3.8, 4) is 22.1 Å². The van der Waals surface area contributed by atoms with E-state index in [4.69, 9.17) is 21.1 Å². The summed E-state index contributed by atoms with van der Waals surface area (Å²) in [6, 6.07) is 11.6. The van der Waals surface area contributed by atoms with Crippen molar-refractivity contribution in [3.05, 3.63) is 54.2 Å². The molecule has 3 rings (SSSR count). The van der Waals surface area contributed by atoms with Gasteiger partial charge in [-0.05, 0) is 43.2 Å². The van der Waals surface area contributed by atoms with Crippen molar-refractivity contribution in [2.24, 2.45) is 0 Å². The van der Waals surface area contributed by atoms with Crippen molar-refractivity contribution in [2.75, 3.05) is 24.8 Å². The zero-order valence-corrected chi connectivity index (χ0v) is 20.0. The maximum atomic E-state index is 13.1. The van der Waals surface area contributed by atoms with Gasteiger partial charge in [0.05, 0.1) is 36.0 Å². The van der Waals surface area contributed by atoms with Gasteiger partial charge in [-0.15, -0.1) is 22.9 Å². The van der Waals surface area contributed by atoms with Crippen LogP contribution in [0.5, 0.6) is 11.5 Å². The van der Waals surface area contributed by atoms with Gasteiger partial charge in [-0.2, -0.15) is 0 Å². The highest BCUT2D eigenvalue weighted by Crippen LogP contribution is 2.37. The molecule has 0 spiro atoms. The van der Waals surface area contributed by atoms with Crippen molar-refractivity contribution in [1.29, 1.82) is 0 Å². The Morgan fingerprint density at radius 1 is 1.09 bits per heavy atom. The van der Waals surface area contributed by atoms with E-state index in [1.54, 1.807) is 18.3 Å². The van der Waals surface area contributed by atoms with Crippen LogP contribution in [-0.2, 0) is 10.0 Å². The first-order valence-corrected chi connectivity index (χ1v) is 12.6. The molecule has 0 radical (unpaired) electrons. The van der Waals surface area contributed by atoms with Crippen LogP contribution in [0.15, 0.2) is 52.9 Å². The van der Waals surface area contributed by atoms with Crippen LogP contribution in [0.1, 0.15) is 29.6 Å². The molecule has 0 unspecified atom stereocenters. The summed E-state index contributed by atoms with van der Waals surface area (Å²) in [5.74, 6) is 0.862. The summed E-state index contributed by atoms with van der Waals surface area (Å²) in [4.78, 5) is 17.7. The molecule has 32 heavy (non-hydrogen) atoms. The molecule has 0 bridgehead atoms. The Hall–Kier alpha value is -2.62. The molecule has 3 aromatic rings. The number of anilines is 1. The van der Waals surface area contributed by atoms with Gasteiger partial charge in [0.25, 0.3) is 10.0 Å². The molecule has 2 heterocycles. The number of nitrogens with one attached hydrogen (secondary N) is 1. The molecule has 170 valence electrons. The molecule has 10 heteroatoms. The number of aromatic nitrogens is 1. The summed E-state index contributed by atoms with van der Waals surface area (Å²) in [7, 11) is -1.07. The van der Waals surface area contributed by atoms with Crippen LogP contribution in [0.3, 0.4) is 0 Å². The van der Waals surface area contributed by atoms with E-state index in [2.05, 4.69) is 9.71 Å². The highest BCUT2D eigenvalue weighted by atomic mass is 35.5. The number of ketones is 1. The van der Waals surface area contributed by atoms with Gasteiger partial charge in [0.2, 0.25) is 0 Å². The first kappa shape index (κ1) is 24.0. The molecule has 1 N–H and O–H groups in total. The van der Waals surface area contributed by atoms with Gasteiger partial charge in [-0.1, -0.05) is 6.07 Å². The van der Waals surface area contributed by atoms with E-state index in [0.717, 1.165) is 16.2 Å². The van der Waals surface area contributed by atoms with Gasteiger partial charge in [0.1, 0.15) is 15.7 Å². The van der Waals surface area contributed by atoms with Crippen molar-refractivity contribution >= 4 is 44.4 Å². The van der Waals surface area contributed by atoms with Gasteiger partial charge in [-0.3, -0.25) is 14.5 Å². The molecule has 0 saturated carbocycles. The molecular formula is C22H23ClN2O5S2. The number of hydrogen-bond acceptors (Lipinski definition) is 7. The number of pyridine rings is 1. The molecule has 0 fully saturated rings. The molecule has 2 aromatic heterocycles. The zero-order chi connectivity index (χ0) is 23.1. The minimum absolute atomic E-state index is 0.117. The Kier molecular flexibility index (Phi) is 8.11. The summed E-state index contributed by atoms with van der Waals surface area (Å²) in [5, 5.41) is 0. The van der Waals surface area contributed by atoms with Gasteiger partial charge >= 0.3 is 0 Å². The van der Waals surface area contributed by atoms with Crippen molar-refractivity contribution in [2.45, 2.75) is 23.5 Å². The normalized spacial score (nSPS) is 11.2. The molecule has 7 nitrogen and oxygen atoms in total. The fraction of sp³-hybridized carbons (Fsp3) is 0.273. The number of unbranched alkanes of at least 4 members (excludes halogenated alkanes) is 1. The van der Waals surface area contributed by atoms with Gasteiger partial charge in [0, 0.05) is 24.6 Å². The summed E-state index contributed by atoms with van der Waals surface area (Å²) >= 11 is 6.79. The Morgan fingerprint density at radius 3 is 2.53 bits per heavy atom. The molecule has 0 atom stereocenters. The minimum atomic E-state index is -3.92. The third kappa shape index (κ3) is 5.59. The number of halogens is 1. The number of hydrogen-bond donors (Lipinski definition) is 1. The second-order valence-corrected chi connectivity index (χ2v) is 10.1. The minimum Gasteiger partial charge on any atom is -0.496 e. The van der Waals surface area contributed by atoms with E-state index >= 15 is 0 Å². The summed E-state index contributed by atoms with van der Waals surface area (Å²) in [5.41, 5.74) is 1.12. The molecule has 0 aliphatic carbocycles. The number of alkyl halides is 1. The van der Waals surface area contributed by atoms with E-state index in [-0.39, 0.29) is 33.4 Å². The van der Waals surface area contributed by atoms with Crippen LogP contribution in [0.2, 0.25) is 0 Å². The van der Waals surface area contributed by atoms with Crippen LogP contribution in [0, 0.1) is 0 Å². The van der Waals surface area contributed by atoms with E-state index in [9.17, 15) is 13.2 Å². The predicted octanol–water partition coefficient (Wildman–Crippen LogP) is 5.22. The SMILES string of the molecule is COc1cc(OC)c(C(=O)CCCCCl)cc1NS(=O)(=O)c1ccc(-c2ccccn2)s1. The number of ether oxygens (including phenoxy) is 2. The second-order valence-electron chi connectivity index (χ2n) is 6.76. The Morgan fingerprint density at radius 2 is 1.88 bits per heavy atom. The Labute approximate surface area is 196 Å². The monoisotopic (exact) mass is 494 g/mol. The van der Waals surface area contributed by atoms with E-state index < -0.39 is 10.0 Å². The first-order valence-electron chi connectivity index (χ1n) is 9.79. The zero-order valence-electron chi connectivity index (χ0n) is 17.6. The lowest BCUT2D eigenvalue weighted by molar-refractivity contribution is 0.0977. The molecular weight excluding hydrogens is 472 g/mol. The quantitative estimate of drug-likeness (QED) is 0.223. The molecule has 0 aliphatic rings. The lowest BCUT2D eigenvalue weighted by atomic mass is 10.0. The van der Waals surface area contributed by atoms with Crippen LogP contribution in [-0.4, -0.2) is 39.3 Å². The second kappa shape index (κ2) is 10.8. The van der Waals surface area contributed by atoms with Crippen molar-refractivity contribution in [1.82, 2.24) is 4.98 Å². The van der Waals surface area contributed by atoms with Crippen LogP contribution < -0.4 is 14.2 Å². The van der Waals surface area contributed by atoms with Gasteiger partial charge < -0.3 is 9.47 Å². The van der Waals surface area contributed by atoms with Crippen LogP contribution in [0.25, 0.3) is 10.6 Å². The highest BCUT2D eigenvalue weighted by molar-refractivity contribution is 7.94. The summed E-state index contributed by atoms with van der Waals surface area (Å²) < 4.78 is 39.4. The number of thiophene rings is 1. The third-order valence-electron chi connectivity index (χ3n) is 4.62. The largest absolute Gasteiger partial charge is 0.496 e. The number of carbonyl (C=O) groups excluding carboxylic acids is 1. The number of methoxy groups -OCH3 is 2. The maximum Gasteiger partial charge on any atom is 0.271 e. The van der Waals surface area contributed by atoms with E-state index in [0.29, 0.717) is 30.2 Å². The fourth-order valence-corrected chi connectivity index (χ4v) is 5.55. The van der Waals surface area contributed by atoms with Crippen molar-refractivity contribution < 1.29 is 22.7 Å². The van der Waals surface area contributed by atoms with E-state index in [1.807, 2.05) is 12.1 Å². The van der Waals surface area contributed by atoms with Crippen LogP contribution in [0.4, 0.5) is 5.69 Å². The lowest BCUT2D eigenvalue weighted by Crippen LogP contribution is -2.13. The first-order chi connectivity index (χ1) is 15.4. The van der Waals surface area contributed by atoms with Gasteiger partial charge in [0.15, 0.2) is 5.78 Å². The number of nitrogens with zero attached hydrogens (tertiary/aromatic N) is 1. The molecule has 1 aromatic carbocycles. The average molecular weight is 495 g/mol. The molecule has 0 saturated heterocycles. The Bertz CT molecular complexity index is 1180. The van der Waals surface area contributed by atoms with E-state index in [1.165, 1.54) is 32.4 Å². The Balaban J connectivity index is 1.92. The molecule has 0 amide bonds. The van der Waals surface area contributed by atoms with Gasteiger partial charge in [-0.25, -0.2) is 8.42 Å². The number of sulfonamides is 1. The molecule has 0 aliphatic heterocycles. The standard InChI is InChI=1S/C22H23ClN2O5S2/c1-29-19-14-20(30-2)17(13-15(19)18(26)8-3-5-11-23)25-32(27,28)22-10-9-21(31-22)16-7-4-6-12-24-16/h4,6-7,9-10,12-14,25H,3,5,8,11H2,1-2H3. The number of benzene rings is 1. The number of rotatable bonds is 11.